The molecule has 4 rings (SSSR count). The molecule has 0 radical (unpaired) electrons. The number of hydrogen-bond acceptors (Lipinski definition) is 2. The number of fused-ring (bicyclic) bond motifs is 2. The molecule has 1 aliphatic rings. The van der Waals surface area contributed by atoms with Gasteiger partial charge in [0, 0.05) is 23.2 Å². The van der Waals surface area contributed by atoms with Crippen LogP contribution in [0.25, 0.3) is 10.9 Å². The first-order chi connectivity index (χ1) is 12.2. The van der Waals surface area contributed by atoms with Gasteiger partial charge in [0.05, 0.1) is 11.1 Å². The molecule has 4 heteroatoms. The summed E-state index contributed by atoms with van der Waals surface area (Å²) in [5.74, 6) is -0.166. The number of nitrogens with one attached hydrogen (secondary N) is 2. The maximum Gasteiger partial charge on any atom is 0.253 e. The largest absolute Gasteiger partial charge is 0.357 e. The fourth-order valence-electron chi connectivity index (χ4n) is 3.55. The maximum atomic E-state index is 12.8. The van der Waals surface area contributed by atoms with Gasteiger partial charge in [-0.2, -0.15) is 0 Å². The van der Waals surface area contributed by atoms with Crippen LogP contribution in [0.2, 0.25) is 0 Å². The number of pyridine rings is 1. The lowest BCUT2D eigenvalue weighted by atomic mass is 9.93. The summed E-state index contributed by atoms with van der Waals surface area (Å²) < 4.78 is 0. The van der Waals surface area contributed by atoms with E-state index in [-0.39, 0.29) is 11.3 Å². The second-order valence-electron chi connectivity index (χ2n) is 6.51. The van der Waals surface area contributed by atoms with Crippen LogP contribution in [0.5, 0.6) is 0 Å². The lowest BCUT2D eigenvalue weighted by Crippen LogP contribution is -2.25. The van der Waals surface area contributed by atoms with Gasteiger partial charge < -0.3 is 10.3 Å². The number of aromatic nitrogens is 1. The maximum absolute atomic E-state index is 12.8. The zero-order valence-corrected chi connectivity index (χ0v) is 14.0. The van der Waals surface area contributed by atoms with Crippen LogP contribution in [0.1, 0.15) is 40.0 Å². The Hall–Kier alpha value is -2.88. The van der Waals surface area contributed by atoms with E-state index in [0.29, 0.717) is 23.0 Å². The average molecular weight is 332 g/mol. The number of benzene rings is 2. The van der Waals surface area contributed by atoms with Crippen molar-refractivity contribution in [2.75, 3.05) is 0 Å². The van der Waals surface area contributed by atoms with Gasteiger partial charge >= 0.3 is 0 Å². The van der Waals surface area contributed by atoms with Crippen LogP contribution in [0, 0.1) is 0 Å². The smallest absolute Gasteiger partial charge is 0.253 e. The summed E-state index contributed by atoms with van der Waals surface area (Å²) in [6.45, 7) is 0.464. The topological polar surface area (TPSA) is 62.0 Å². The van der Waals surface area contributed by atoms with E-state index in [2.05, 4.69) is 10.3 Å². The Labute approximate surface area is 145 Å². The Morgan fingerprint density at radius 2 is 1.80 bits per heavy atom. The summed E-state index contributed by atoms with van der Waals surface area (Å²) in [4.78, 5) is 28.8. The standard InChI is InChI=1S/C21H20N2O2/c24-20-15-9-4-5-12-18(15)23-19-16(20)10-6-11-17(19)21(25)22-13-14-7-2-1-3-8-14/h1-3,6-8,10-11H,4-5,9,12-13H2,(H,22,25)(H,23,24). The summed E-state index contributed by atoms with van der Waals surface area (Å²) in [5, 5.41) is 3.55. The molecule has 0 saturated carbocycles. The van der Waals surface area contributed by atoms with Crippen LogP contribution < -0.4 is 10.7 Å². The third kappa shape index (κ3) is 2.95. The van der Waals surface area contributed by atoms with Crippen molar-refractivity contribution in [1.29, 1.82) is 0 Å². The molecule has 1 heterocycles. The number of hydrogen-bond donors (Lipinski definition) is 2. The molecule has 1 aliphatic carbocycles. The lowest BCUT2D eigenvalue weighted by Gasteiger charge is -2.17. The van der Waals surface area contributed by atoms with E-state index in [4.69, 9.17) is 0 Å². The molecule has 3 aromatic rings. The predicted octanol–water partition coefficient (Wildman–Crippen LogP) is 3.34. The minimum atomic E-state index is -0.166. The highest BCUT2D eigenvalue weighted by molar-refractivity contribution is 6.05. The molecule has 0 bridgehead atoms. The van der Waals surface area contributed by atoms with Gasteiger partial charge in [-0.3, -0.25) is 9.59 Å². The van der Waals surface area contributed by atoms with Crippen LogP contribution in [0.15, 0.2) is 53.3 Å². The highest BCUT2D eigenvalue weighted by Gasteiger charge is 2.18. The van der Waals surface area contributed by atoms with Crippen molar-refractivity contribution < 1.29 is 4.79 Å². The van der Waals surface area contributed by atoms with Crippen molar-refractivity contribution in [3.8, 4) is 0 Å². The van der Waals surface area contributed by atoms with Crippen LogP contribution >= 0.6 is 0 Å². The summed E-state index contributed by atoms with van der Waals surface area (Å²) >= 11 is 0. The van der Waals surface area contributed by atoms with Crippen molar-refractivity contribution in [3.05, 3.63) is 81.1 Å². The van der Waals surface area contributed by atoms with Gasteiger partial charge in [-0.25, -0.2) is 0 Å². The zero-order chi connectivity index (χ0) is 17.2. The van der Waals surface area contributed by atoms with Crippen molar-refractivity contribution in [2.45, 2.75) is 32.2 Å². The Morgan fingerprint density at radius 1 is 1.00 bits per heavy atom. The number of carbonyl (C=O) groups is 1. The Morgan fingerprint density at radius 3 is 2.64 bits per heavy atom. The quantitative estimate of drug-likeness (QED) is 0.773. The third-order valence-electron chi connectivity index (χ3n) is 4.87. The monoisotopic (exact) mass is 332 g/mol. The van der Waals surface area contributed by atoms with E-state index >= 15 is 0 Å². The SMILES string of the molecule is O=C(NCc1ccccc1)c1cccc2c(=O)c3c([nH]c12)CCCC3. The zero-order valence-electron chi connectivity index (χ0n) is 14.0. The summed E-state index contributed by atoms with van der Waals surface area (Å²) in [6.07, 6.45) is 3.83. The van der Waals surface area contributed by atoms with Gasteiger partial charge in [0.15, 0.2) is 5.43 Å². The second-order valence-corrected chi connectivity index (χ2v) is 6.51. The third-order valence-corrected chi connectivity index (χ3v) is 4.87. The molecule has 126 valence electrons. The summed E-state index contributed by atoms with van der Waals surface area (Å²) in [5.41, 5.74) is 4.17. The predicted molar refractivity (Wildman–Crippen MR) is 98.8 cm³/mol. The van der Waals surface area contributed by atoms with Gasteiger partial charge in [0.25, 0.3) is 5.91 Å². The molecule has 0 spiro atoms. The van der Waals surface area contributed by atoms with Crippen molar-refractivity contribution in [1.82, 2.24) is 10.3 Å². The molecule has 0 saturated heterocycles. The van der Waals surface area contributed by atoms with Crippen molar-refractivity contribution >= 4 is 16.8 Å². The molecule has 0 unspecified atom stereocenters. The number of aryl methyl sites for hydroxylation is 1. The molecule has 2 aromatic carbocycles. The number of H-pyrrole nitrogens is 1. The van der Waals surface area contributed by atoms with E-state index in [9.17, 15) is 9.59 Å². The minimum absolute atomic E-state index is 0.0705. The van der Waals surface area contributed by atoms with Crippen LogP contribution in [-0.4, -0.2) is 10.9 Å². The molecule has 0 aliphatic heterocycles. The van der Waals surface area contributed by atoms with E-state index < -0.39 is 0 Å². The Balaban J connectivity index is 1.71. The van der Waals surface area contributed by atoms with Crippen molar-refractivity contribution in [2.24, 2.45) is 0 Å². The fourth-order valence-corrected chi connectivity index (χ4v) is 3.55. The first-order valence-electron chi connectivity index (χ1n) is 8.73. The molecular formula is C21H20N2O2. The number of carbonyl (C=O) groups excluding carboxylic acids is 1. The number of rotatable bonds is 3. The lowest BCUT2D eigenvalue weighted by molar-refractivity contribution is 0.0952. The van der Waals surface area contributed by atoms with E-state index in [1.54, 1.807) is 18.2 Å². The van der Waals surface area contributed by atoms with Crippen LogP contribution in [0.3, 0.4) is 0 Å². The van der Waals surface area contributed by atoms with Crippen LogP contribution in [-0.2, 0) is 19.4 Å². The molecule has 4 nitrogen and oxygen atoms in total. The molecule has 25 heavy (non-hydrogen) atoms. The second kappa shape index (κ2) is 6.55. The number of amides is 1. The van der Waals surface area contributed by atoms with E-state index in [0.717, 1.165) is 42.5 Å². The van der Waals surface area contributed by atoms with Gasteiger partial charge in [-0.1, -0.05) is 36.4 Å². The Kier molecular flexibility index (Phi) is 4.10. The van der Waals surface area contributed by atoms with Gasteiger partial charge in [0.1, 0.15) is 0 Å². The summed E-state index contributed by atoms with van der Waals surface area (Å²) in [7, 11) is 0. The van der Waals surface area contributed by atoms with Crippen molar-refractivity contribution in [3.63, 3.8) is 0 Å². The van der Waals surface area contributed by atoms with Gasteiger partial charge in [0.2, 0.25) is 0 Å². The number of aromatic amines is 1. The normalized spacial score (nSPS) is 13.4. The average Bonchev–Trinajstić information content (AvgIpc) is 2.67. The van der Waals surface area contributed by atoms with Gasteiger partial charge in [-0.05, 0) is 43.4 Å². The van der Waals surface area contributed by atoms with E-state index in [1.807, 2.05) is 30.3 Å². The first-order valence-corrected chi connectivity index (χ1v) is 8.73. The van der Waals surface area contributed by atoms with Gasteiger partial charge in [-0.15, -0.1) is 0 Å². The number of para-hydroxylation sites is 1. The highest BCUT2D eigenvalue weighted by Crippen LogP contribution is 2.22. The molecule has 1 amide bonds. The molecule has 1 aromatic heterocycles. The first kappa shape index (κ1) is 15.6. The Bertz CT molecular complexity index is 990. The van der Waals surface area contributed by atoms with E-state index in [1.165, 1.54) is 0 Å². The molecule has 0 atom stereocenters. The summed E-state index contributed by atoms with van der Waals surface area (Å²) in [6, 6.07) is 15.1. The van der Waals surface area contributed by atoms with Crippen LogP contribution in [0.4, 0.5) is 0 Å². The fraction of sp³-hybridized carbons (Fsp3) is 0.238. The molecule has 2 N–H and O–H groups in total. The molecular weight excluding hydrogens is 312 g/mol. The minimum Gasteiger partial charge on any atom is -0.357 e. The molecule has 0 fully saturated rings. The highest BCUT2D eigenvalue weighted by atomic mass is 16.1.